The Balaban J connectivity index is 2.26. The predicted molar refractivity (Wildman–Crippen MR) is 90.7 cm³/mol. The molecule has 0 aromatic heterocycles. The van der Waals surface area contributed by atoms with Crippen molar-refractivity contribution in [2.45, 2.75) is 13.5 Å². The Morgan fingerprint density at radius 2 is 1.86 bits per heavy atom. The second kappa shape index (κ2) is 6.87. The van der Waals surface area contributed by atoms with Gasteiger partial charge in [0.1, 0.15) is 0 Å². The van der Waals surface area contributed by atoms with Crippen LogP contribution in [0.15, 0.2) is 46.9 Å². The van der Waals surface area contributed by atoms with Crippen LogP contribution in [0.1, 0.15) is 21.5 Å². The Hall–Kier alpha value is -1.65. The molecule has 0 atom stereocenters. The maximum absolute atomic E-state index is 12.5. The number of carbonyl (C=O) groups is 1. The zero-order valence-corrected chi connectivity index (χ0v) is 14.1. The highest BCUT2D eigenvalue weighted by atomic mass is 79.9. The van der Waals surface area contributed by atoms with Crippen LogP contribution in [-0.4, -0.2) is 24.9 Å². The van der Waals surface area contributed by atoms with Gasteiger partial charge < -0.3 is 10.2 Å². The summed E-state index contributed by atoms with van der Waals surface area (Å²) in [6, 6.07) is 13.6. The van der Waals surface area contributed by atoms with E-state index in [1.54, 1.807) is 0 Å². The van der Waals surface area contributed by atoms with Crippen molar-refractivity contribution in [3.8, 4) is 0 Å². The molecule has 0 saturated carbocycles. The van der Waals surface area contributed by atoms with Gasteiger partial charge in [-0.1, -0.05) is 30.3 Å². The predicted octanol–water partition coefficient (Wildman–Crippen LogP) is 4.07. The van der Waals surface area contributed by atoms with E-state index in [4.69, 9.17) is 0 Å². The fraction of sp³-hybridized carbons (Fsp3) is 0.235. The van der Waals surface area contributed by atoms with E-state index in [0.29, 0.717) is 5.56 Å². The maximum atomic E-state index is 12.5. The van der Waals surface area contributed by atoms with Crippen molar-refractivity contribution in [3.63, 3.8) is 0 Å². The minimum Gasteiger partial charge on any atom is -0.322 e. The van der Waals surface area contributed by atoms with Gasteiger partial charge >= 0.3 is 0 Å². The van der Waals surface area contributed by atoms with Crippen LogP contribution in [-0.2, 0) is 6.54 Å². The van der Waals surface area contributed by atoms with Crippen LogP contribution in [0.4, 0.5) is 5.69 Å². The molecule has 0 fully saturated rings. The molecule has 3 nitrogen and oxygen atoms in total. The molecule has 0 radical (unpaired) electrons. The van der Waals surface area contributed by atoms with E-state index in [1.165, 1.54) is 0 Å². The fourth-order valence-corrected chi connectivity index (χ4v) is 2.58. The third-order valence-corrected chi connectivity index (χ3v) is 4.24. The Morgan fingerprint density at radius 3 is 2.57 bits per heavy atom. The number of aryl methyl sites for hydroxylation is 1. The summed E-state index contributed by atoms with van der Waals surface area (Å²) in [6.45, 7) is 2.76. The van der Waals surface area contributed by atoms with Crippen molar-refractivity contribution in [1.29, 1.82) is 0 Å². The van der Waals surface area contributed by atoms with Gasteiger partial charge in [-0.25, -0.2) is 0 Å². The number of carbonyl (C=O) groups excluding carboxylic acids is 1. The second-order valence-electron chi connectivity index (χ2n) is 5.29. The Bertz CT molecular complexity index is 653. The number of nitrogens with zero attached hydrogens (tertiary/aromatic N) is 1. The van der Waals surface area contributed by atoms with Gasteiger partial charge in [0, 0.05) is 16.7 Å². The summed E-state index contributed by atoms with van der Waals surface area (Å²) in [5.41, 5.74) is 3.64. The molecule has 4 heteroatoms. The highest BCUT2D eigenvalue weighted by molar-refractivity contribution is 9.10. The minimum absolute atomic E-state index is 0.100. The number of amides is 1. The topological polar surface area (TPSA) is 32.3 Å². The molecular weight excluding hydrogens is 328 g/mol. The van der Waals surface area contributed by atoms with Gasteiger partial charge in [0.2, 0.25) is 0 Å². The van der Waals surface area contributed by atoms with Crippen LogP contribution in [0, 0.1) is 6.92 Å². The van der Waals surface area contributed by atoms with Crippen molar-refractivity contribution in [3.05, 3.63) is 63.6 Å². The van der Waals surface area contributed by atoms with E-state index in [9.17, 15) is 4.79 Å². The standard InChI is InChI=1S/C17H19BrN2O/c1-12-7-6-9-14(16(12)18)17(21)19-15-10-5-4-8-13(15)11-20(2)3/h4-10H,11H2,1-3H3,(H,19,21). The monoisotopic (exact) mass is 346 g/mol. The van der Waals surface area contributed by atoms with E-state index in [-0.39, 0.29) is 5.91 Å². The molecule has 1 N–H and O–H groups in total. The van der Waals surface area contributed by atoms with Crippen LogP contribution in [0.25, 0.3) is 0 Å². The first kappa shape index (κ1) is 15.7. The van der Waals surface area contributed by atoms with Crippen LogP contribution in [0.5, 0.6) is 0 Å². The lowest BCUT2D eigenvalue weighted by atomic mass is 10.1. The molecule has 0 aliphatic carbocycles. The van der Waals surface area contributed by atoms with Gasteiger partial charge in [-0.05, 0) is 60.2 Å². The minimum atomic E-state index is -0.100. The van der Waals surface area contributed by atoms with Crippen LogP contribution < -0.4 is 5.32 Å². The molecule has 0 aliphatic heterocycles. The molecule has 0 aliphatic rings. The number of para-hydroxylation sites is 1. The Kier molecular flexibility index (Phi) is 5.15. The van der Waals surface area contributed by atoms with Crippen LogP contribution >= 0.6 is 15.9 Å². The SMILES string of the molecule is Cc1cccc(C(=O)Nc2ccccc2CN(C)C)c1Br. The van der Waals surface area contributed by atoms with E-state index in [1.807, 2.05) is 63.5 Å². The summed E-state index contributed by atoms with van der Waals surface area (Å²) in [7, 11) is 4.02. The number of hydrogen-bond acceptors (Lipinski definition) is 2. The van der Waals surface area contributed by atoms with Crippen molar-refractivity contribution < 1.29 is 4.79 Å². The summed E-state index contributed by atoms with van der Waals surface area (Å²) < 4.78 is 0.840. The molecule has 1 amide bonds. The van der Waals surface area contributed by atoms with Gasteiger partial charge in [0.05, 0.1) is 5.56 Å². The van der Waals surface area contributed by atoms with Gasteiger partial charge in [-0.2, -0.15) is 0 Å². The number of rotatable bonds is 4. The van der Waals surface area contributed by atoms with Gasteiger partial charge in [0.25, 0.3) is 5.91 Å². The quantitative estimate of drug-likeness (QED) is 0.904. The summed E-state index contributed by atoms with van der Waals surface area (Å²) in [5, 5.41) is 3.00. The normalized spacial score (nSPS) is 10.7. The molecule has 21 heavy (non-hydrogen) atoms. The summed E-state index contributed by atoms with van der Waals surface area (Å²) >= 11 is 3.48. The number of hydrogen-bond donors (Lipinski definition) is 1. The molecule has 110 valence electrons. The van der Waals surface area contributed by atoms with Gasteiger partial charge in [0.15, 0.2) is 0 Å². The lowest BCUT2D eigenvalue weighted by molar-refractivity contribution is 0.102. The summed E-state index contributed by atoms with van der Waals surface area (Å²) in [4.78, 5) is 14.5. The number of halogens is 1. The van der Waals surface area contributed by atoms with Crippen LogP contribution in [0.2, 0.25) is 0 Å². The van der Waals surface area contributed by atoms with Gasteiger partial charge in [-0.15, -0.1) is 0 Å². The van der Waals surface area contributed by atoms with E-state index in [0.717, 1.165) is 27.8 Å². The molecule has 0 spiro atoms. The summed E-state index contributed by atoms with van der Waals surface area (Å²) in [6.07, 6.45) is 0. The lowest BCUT2D eigenvalue weighted by Gasteiger charge is -2.15. The van der Waals surface area contributed by atoms with E-state index >= 15 is 0 Å². The molecule has 2 rings (SSSR count). The zero-order chi connectivity index (χ0) is 15.4. The van der Waals surface area contributed by atoms with E-state index in [2.05, 4.69) is 26.1 Å². The molecule has 0 unspecified atom stereocenters. The highest BCUT2D eigenvalue weighted by Gasteiger charge is 2.13. The van der Waals surface area contributed by atoms with Crippen molar-refractivity contribution in [2.75, 3.05) is 19.4 Å². The Labute approximate surface area is 134 Å². The number of benzene rings is 2. The first-order chi connectivity index (χ1) is 9.99. The molecular formula is C17H19BrN2O. The highest BCUT2D eigenvalue weighted by Crippen LogP contribution is 2.23. The van der Waals surface area contributed by atoms with Crippen LogP contribution in [0.3, 0.4) is 0 Å². The first-order valence-corrected chi connectivity index (χ1v) is 7.57. The third-order valence-electron chi connectivity index (χ3n) is 3.19. The molecule has 2 aromatic rings. The van der Waals surface area contributed by atoms with Crippen molar-refractivity contribution in [1.82, 2.24) is 4.90 Å². The largest absolute Gasteiger partial charge is 0.322 e. The lowest BCUT2D eigenvalue weighted by Crippen LogP contribution is -2.17. The number of anilines is 1. The first-order valence-electron chi connectivity index (χ1n) is 6.78. The smallest absolute Gasteiger partial charge is 0.256 e. The number of nitrogens with one attached hydrogen (secondary N) is 1. The maximum Gasteiger partial charge on any atom is 0.256 e. The fourth-order valence-electron chi connectivity index (χ4n) is 2.13. The third kappa shape index (κ3) is 3.93. The van der Waals surface area contributed by atoms with Crippen molar-refractivity contribution in [2.24, 2.45) is 0 Å². The van der Waals surface area contributed by atoms with Crippen molar-refractivity contribution >= 4 is 27.5 Å². The second-order valence-corrected chi connectivity index (χ2v) is 6.08. The van der Waals surface area contributed by atoms with Gasteiger partial charge in [-0.3, -0.25) is 4.79 Å². The molecule has 2 aromatic carbocycles. The molecule has 0 saturated heterocycles. The Morgan fingerprint density at radius 1 is 1.14 bits per heavy atom. The molecule has 0 heterocycles. The summed E-state index contributed by atoms with van der Waals surface area (Å²) in [5.74, 6) is -0.100. The zero-order valence-electron chi connectivity index (χ0n) is 12.5. The average molecular weight is 347 g/mol. The average Bonchev–Trinajstić information content (AvgIpc) is 2.43. The van der Waals surface area contributed by atoms with E-state index < -0.39 is 0 Å². The molecule has 0 bridgehead atoms.